The summed E-state index contributed by atoms with van der Waals surface area (Å²) in [6, 6.07) is 10.9. The Kier molecular flexibility index (Phi) is 6.70. The minimum absolute atomic E-state index is 0.00718. The van der Waals surface area contributed by atoms with Crippen LogP contribution >= 0.6 is 23.2 Å². The molecule has 2 atom stereocenters. The average Bonchev–Trinajstić information content (AvgIpc) is 3.26. The third-order valence-corrected chi connectivity index (χ3v) is 5.27. The summed E-state index contributed by atoms with van der Waals surface area (Å²) in [5, 5.41) is 11.6. The molecule has 0 unspecified atom stereocenters. The Morgan fingerprint density at radius 3 is 2.68 bits per heavy atom. The summed E-state index contributed by atoms with van der Waals surface area (Å²) in [4.78, 5) is 12.1. The Morgan fingerprint density at radius 2 is 1.97 bits per heavy atom. The average molecular weight is 466 g/mol. The number of benzene rings is 2. The van der Waals surface area contributed by atoms with Crippen LogP contribution in [0.2, 0.25) is 10.0 Å². The summed E-state index contributed by atoms with van der Waals surface area (Å²) in [7, 11) is 0. The van der Waals surface area contributed by atoms with Crippen LogP contribution in [0.25, 0.3) is 11.5 Å². The highest BCUT2D eigenvalue weighted by atomic mass is 35.5. The number of nitrogens with one attached hydrogen (secondary N) is 1. The highest BCUT2D eigenvalue weighted by Gasteiger charge is 2.28. The van der Waals surface area contributed by atoms with Gasteiger partial charge in [-0.25, -0.2) is 4.39 Å². The Bertz CT molecular complexity index is 1050. The summed E-state index contributed by atoms with van der Waals surface area (Å²) >= 11 is 11.5. The molecular weight excluding hydrogens is 448 g/mol. The minimum atomic E-state index is -0.605. The topological polar surface area (TPSA) is 86.5 Å². The van der Waals surface area contributed by atoms with Crippen molar-refractivity contribution in [1.29, 1.82) is 0 Å². The molecule has 3 aromatic rings. The second-order valence-corrected chi connectivity index (χ2v) is 7.82. The maximum Gasteiger partial charge on any atom is 0.258 e. The van der Waals surface area contributed by atoms with Gasteiger partial charge in [0.1, 0.15) is 17.7 Å². The van der Waals surface area contributed by atoms with Crippen LogP contribution in [0.1, 0.15) is 24.8 Å². The van der Waals surface area contributed by atoms with E-state index in [1.54, 1.807) is 24.3 Å². The van der Waals surface area contributed by atoms with Crippen LogP contribution in [0.5, 0.6) is 5.75 Å². The van der Waals surface area contributed by atoms with Crippen molar-refractivity contribution in [2.75, 3.05) is 13.2 Å². The summed E-state index contributed by atoms with van der Waals surface area (Å²) < 4.78 is 30.2. The van der Waals surface area contributed by atoms with Crippen molar-refractivity contribution in [2.24, 2.45) is 0 Å². The first kappa shape index (κ1) is 21.5. The van der Waals surface area contributed by atoms with Crippen LogP contribution in [0.15, 0.2) is 46.9 Å². The van der Waals surface area contributed by atoms with E-state index < -0.39 is 5.82 Å². The standard InChI is InChI=1S/C21H18Cl2FN3O4/c22-13-3-1-12(2-4-13)20-26-27-21(31-20)18-8-5-14(10-30-18)25-19(28)11-29-15-6-7-16(23)17(24)9-15/h1-4,6-7,9,14,18H,5,8,10-11H2,(H,25,28)/t14-,18-/m1/s1. The van der Waals surface area contributed by atoms with Gasteiger partial charge in [-0.15, -0.1) is 10.2 Å². The summed E-state index contributed by atoms with van der Waals surface area (Å²) in [5.41, 5.74) is 0.768. The molecule has 162 valence electrons. The van der Waals surface area contributed by atoms with Crippen LogP contribution in [0.3, 0.4) is 0 Å². The zero-order valence-corrected chi connectivity index (χ0v) is 17.7. The molecular formula is C21H18Cl2FN3O4. The van der Waals surface area contributed by atoms with E-state index in [1.165, 1.54) is 12.1 Å². The van der Waals surface area contributed by atoms with Crippen molar-refractivity contribution in [1.82, 2.24) is 15.5 Å². The van der Waals surface area contributed by atoms with E-state index in [0.717, 1.165) is 11.6 Å². The maximum absolute atomic E-state index is 13.4. The van der Waals surface area contributed by atoms with E-state index >= 15 is 0 Å². The number of ether oxygens (including phenoxy) is 2. The van der Waals surface area contributed by atoms with Crippen LogP contribution in [0, 0.1) is 5.82 Å². The van der Waals surface area contributed by atoms with Gasteiger partial charge in [0.15, 0.2) is 6.61 Å². The van der Waals surface area contributed by atoms with Crippen LogP contribution in [0.4, 0.5) is 4.39 Å². The summed E-state index contributed by atoms with van der Waals surface area (Å²) in [6.07, 6.45) is 0.941. The lowest BCUT2D eigenvalue weighted by Crippen LogP contribution is -2.43. The molecule has 0 aliphatic carbocycles. The van der Waals surface area contributed by atoms with E-state index in [9.17, 15) is 9.18 Å². The Morgan fingerprint density at radius 1 is 1.16 bits per heavy atom. The van der Waals surface area contributed by atoms with E-state index in [0.29, 0.717) is 36.3 Å². The number of carbonyl (C=O) groups excluding carboxylic acids is 1. The number of hydrogen-bond donors (Lipinski definition) is 1. The van der Waals surface area contributed by atoms with E-state index in [2.05, 4.69) is 15.5 Å². The van der Waals surface area contributed by atoms with Gasteiger partial charge in [0.2, 0.25) is 11.8 Å². The van der Waals surface area contributed by atoms with E-state index in [-0.39, 0.29) is 35.4 Å². The molecule has 1 amide bonds. The maximum atomic E-state index is 13.4. The second kappa shape index (κ2) is 9.64. The second-order valence-electron chi connectivity index (χ2n) is 6.98. The predicted molar refractivity (Wildman–Crippen MR) is 112 cm³/mol. The molecule has 1 fully saturated rings. The number of nitrogens with zero attached hydrogens (tertiary/aromatic N) is 2. The fourth-order valence-corrected chi connectivity index (χ4v) is 3.36. The van der Waals surface area contributed by atoms with Crippen molar-refractivity contribution in [3.05, 3.63) is 64.2 Å². The first-order valence-corrected chi connectivity index (χ1v) is 10.3. The molecule has 1 aliphatic rings. The van der Waals surface area contributed by atoms with Gasteiger partial charge in [-0.1, -0.05) is 23.2 Å². The van der Waals surface area contributed by atoms with Gasteiger partial charge in [-0.05, 0) is 49.2 Å². The molecule has 1 aromatic heterocycles. The largest absolute Gasteiger partial charge is 0.484 e. The van der Waals surface area contributed by atoms with Gasteiger partial charge >= 0.3 is 0 Å². The molecule has 0 bridgehead atoms. The summed E-state index contributed by atoms with van der Waals surface area (Å²) in [6.45, 7) is 0.0553. The predicted octanol–water partition coefficient (Wildman–Crippen LogP) is 4.60. The zero-order chi connectivity index (χ0) is 21.8. The van der Waals surface area contributed by atoms with Gasteiger partial charge in [-0.3, -0.25) is 4.79 Å². The molecule has 0 radical (unpaired) electrons. The Balaban J connectivity index is 1.24. The number of carbonyl (C=O) groups is 1. The third kappa shape index (κ3) is 5.52. The number of hydrogen-bond acceptors (Lipinski definition) is 6. The fourth-order valence-electron chi connectivity index (χ4n) is 3.12. The van der Waals surface area contributed by atoms with E-state index in [1.807, 2.05) is 0 Å². The SMILES string of the molecule is O=C(COc1ccc(Cl)c(F)c1)N[C@@H]1CC[C@H](c2nnc(-c3ccc(Cl)cc3)o2)OC1. The fraction of sp³-hybridized carbons (Fsp3) is 0.286. The molecule has 0 spiro atoms. The molecule has 31 heavy (non-hydrogen) atoms. The molecule has 2 aromatic carbocycles. The van der Waals surface area contributed by atoms with Crippen molar-refractivity contribution in [2.45, 2.75) is 25.0 Å². The Hall–Kier alpha value is -2.68. The van der Waals surface area contributed by atoms with Crippen molar-refractivity contribution in [3.63, 3.8) is 0 Å². The molecule has 2 heterocycles. The first-order chi connectivity index (χ1) is 15.0. The van der Waals surface area contributed by atoms with Gasteiger partial charge in [0.25, 0.3) is 5.91 Å². The number of rotatable bonds is 6. The molecule has 1 N–H and O–H groups in total. The van der Waals surface area contributed by atoms with Gasteiger partial charge in [0.05, 0.1) is 17.7 Å². The normalized spacial score (nSPS) is 18.5. The zero-order valence-electron chi connectivity index (χ0n) is 16.2. The first-order valence-electron chi connectivity index (χ1n) is 9.56. The summed E-state index contributed by atoms with van der Waals surface area (Å²) in [5.74, 6) is 0.0750. The molecule has 0 saturated carbocycles. The lowest BCUT2D eigenvalue weighted by molar-refractivity contribution is -0.125. The van der Waals surface area contributed by atoms with Crippen LogP contribution in [-0.4, -0.2) is 35.4 Å². The van der Waals surface area contributed by atoms with E-state index in [4.69, 9.17) is 37.1 Å². The van der Waals surface area contributed by atoms with Crippen molar-refractivity contribution in [3.8, 4) is 17.2 Å². The molecule has 7 nitrogen and oxygen atoms in total. The molecule has 4 rings (SSSR count). The number of amides is 1. The lowest BCUT2D eigenvalue weighted by Gasteiger charge is -2.27. The molecule has 1 aliphatic heterocycles. The van der Waals surface area contributed by atoms with Crippen molar-refractivity contribution >= 4 is 29.1 Å². The van der Waals surface area contributed by atoms with Gasteiger partial charge < -0.3 is 19.2 Å². The third-order valence-electron chi connectivity index (χ3n) is 4.71. The number of halogens is 3. The van der Waals surface area contributed by atoms with Crippen LogP contribution < -0.4 is 10.1 Å². The quantitative estimate of drug-likeness (QED) is 0.572. The highest BCUT2D eigenvalue weighted by molar-refractivity contribution is 6.31. The van der Waals surface area contributed by atoms with Gasteiger partial charge in [-0.2, -0.15) is 0 Å². The highest BCUT2D eigenvalue weighted by Crippen LogP contribution is 2.29. The lowest BCUT2D eigenvalue weighted by atomic mass is 10.0. The van der Waals surface area contributed by atoms with Gasteiger partial charge in [0, 0.05) is 16.7 Å². The minimum Gasteiger partial charge on any atom is -0.484 e. The molecule has 1 saturated heterocycles. The molecule has 10 heteroatoms. The smallest absolute Gasteiger partial charge is 0.258 e. The monoisotopic (exact) mass is 465 g/mol. The van der Waals surface area contributed by atoms with Crippen LogP contribution in [-0.2, 0) is 9.53 Å². The number of aromatic nitrogens is 2. The Labute approximate surface area is 187 Å². The van der Waals surface area contributed by atoms with Crippen molar-refractivity contribution < 1.29 is 23.1 Å².